The molecule has 1 aliphatic rings. The number of fused-ring (bicyclic) bond motifs is 1. The maximum Gasteiger partial charge on any atom is 0.407 e. The Labute approximate surface area is 119 Å². The summed E-state index contributed by atoms with van der Waals surface area (Å²) < 4.78 is 5.20. The summed E-state index contributed by atoms with van der Waals surface area (Å²) in [6.45, 7) is 6.21. The molecule has 1 N–H and O–H groups in total. The minimum absolute atomic E-state index is 0.343. The van der Waals surface area contributed by atoms with E-state index in [-0.39, 0.29) is 6.09 Å². The van der Waals surface area contributed by atoms with E-state index in [9.17, 15) is 4.79 Å². The predicted molar refractivity (Wildman–Crippen MR) is 78.8 cm³/mol. The van der Waals surface area contributed by atoms with Crippen molar-refractivity contribution in [2.24, 2.45) is 0 Å². The van der Waals surface area contributed by atoms with E-state index in [0.717, 1.165) is 12.8 Å². The number of carbonyl (C=O) groups excluding carboxylic acids is 1. The molecule has 0 aliphatic carbocycles. The lowest BCUT2D eigenvalue weighted by molar-refractivity contribution is 0.0528. The van der Waals surface area contributed by atoms with E-state index < -0.39 is 5.60 Å². The average Bonchev–Trinajstić information content (AvgIpc) is 2.73. The summed E-state index contributed by atoms with van der Waals surface area (Å²) in [4.78, 5) is 12.9. The molecule has 104 valence electrons. The molecule has 0 bridgehead atoms. The van der Waals surface area contributed by atoms with Crippen LogP contribution < -0.4 is 5.32 Å². The first kappa shape index (κ1) is 14.3. The van der Waals surface area contributed by atoms with Crippen molar-refractivity contribution in [1.29, 1.82) is 0 Å². The highest BCUT2D eigenvalue weighted by Crippen LogP contribution is 2.31. The Balaban J connectivity index is 1.78. The topological polar surface area (TPSA) is 38.3 Å². The second kappa shape index (κ2) is 5.87. The van der Waals surface area contributed by atoms with Crippen LogP contribution in [0.25, 0.3) is 0 Å². The summed E-state index contributed by atoms with van der Waals surface area (Å²) in [6.07, 6.45) is 1.66. The van der Waals surface area contributed by atoms with Crippen molar-refractivity contribution in [3.63, 3.8) is 0 Å². The third kappa shape index (κ3) is 4.46. The first-order valence-electron chi connectivity index (χ1n) is 6.65. The number of thioether (sulfide) groups is 1. The molecular weight excluding hydrogens is 258 g/mol. The molecule has 3 nitrogen and oxygen atoms in total. The second-order valence-corrected chi connectivity index (χ2v) is 6.86. The maximum absolute atomic E-state index is 11.5. The van der Waals surface area contributed by atoms with Crippen molar-refractivity contribution in [2.45, 2.75) is 44.1 Å². The number of alkyl carbamates (subject to hydrolysis) is 1. The summed E-state index contributed by atoms with van der Waals surface area (Å²) in [5.41, 5.74) is 2.28. The minimum atomic E-state index is -0.436. The minimum Gasteiger partial charge on any atom is -0.444 e. The molecule has 1 aromatic rings. The fourth-order valence-corrected chi connectivity index (χ4v) is 3.07. The van der Waals surface area contributed by atoms with Gasteiger partial charge in [-0.2, -0.15) is 0 Å². The van der Waals surface area contributed by atoms with Gasteiger partial charge < -0.3 is 10.1 Å². The Morgan fingerprint density at radius 3 is 2.95 bits per heavy atom. The predicted octanol–water partition coefficient (Wildman–Crippen LogP) is 3.40. The Morgan fingerprint density at radius 2 is 2.21 bits per heavy atom. The number of hydrogen-bond acceptors (Lipinski definition) is 3. The summed E-state index contributed by atoms with van der Waals surface area (Å²) in [5.74, 6) is 1.19. The fourth-order valence-electron chi connectivity index (χ4n) is 2.02. The Kier molecular flexibility index (Phi) is 4.40. The van der Waals surface area contributed by atoms with Crippen molar-refractivity contribution >= 4 is 17.9 Å². The molecule has 4 heteroatoms. The number of aryl methyl sites for hydroxylation is 1. The molecule has 0 saturated heterocycles. The van der Waals surface area contributed by atoms with E-state index in [2.05, 4.69) is 23.5 Å². The van der Waals surface area contributed by atoms with Crippen LogP contribution in [-0.4, -0.2) is 24.0 Å². The number of rotatable bonds is 3. The quantitative estimate of drug-likeness (QED) is 0.921. The van der Waals surface area contributed by atoms with Crippen LogP contribution >= 0.6 is 11.8 Å². The van der Waals surface area contributed by atoms with Crippen LogP contribution in [0.4, 0.5) is 4.79 Å². The van der Waals surface area contributed by atoms with Crippen LogP contribution in [-0.2, 0) is 17.6 Å². The molecule has 0 aromatic heterocycles. The van der Waals surface area contributed by atoms with Crippen LogP contribution in [0.2, 0.25) is 0 Å². The Morgan fingerprint density at radius 1 is 1.42 bits per heavy atom. The van der Waals surface area contributed by atoms with Crippen molar-refractivity contribution in [1.82, 2.24) is 5.32 Å². The van der Waals surface area contributed by atoms with Crippen LogP contribution in [0.1, 0.15) is 31.9 Å². The smallest absolute Gasteiger partial charge is 0.407 e. The molecule has 0 radical (unpaired) electrons. The SMILES string of the molecule is CC(C)(C)OC(=O)NCCc1ccc2c(c1)CCS2. The molecule has 1 aliphatic heterocycles. The number of amides is 1. The summed E-state index contributed by atoms with van der Waals surface area (Å²) >= 11 is 1.92. The molecule has 0 unspecified atom stereocenters. The van der Waals surface area contributed by atoms with Crippen LogP contribution in [0.5, 0.6) is 0 Å². The molecule has 1 aromatic carbocycles. The maximum atomic E-state index is 11.5. The van der Waals surface area contributed by atoms with Crippen molar-refractivity contribution in [3.8, 4) is 0 Å². The van der Waals surface area contributed by atoms with Gasteiger partial charge in [0.25, 0.3) is 0 Å². The van der Waals surface area contributed by atoms with Gasteiger partial charge in [-0.1, -0.05) is 12.1 Å². The molecule has 0 saturated carbocycles. The van der Waals surface area contributed by atoms with E-state index in [4.69, 9.17) is 4.74 Å². The van der Waals surface area contributed by atoms with Gasteiger partial charge in [0.15, 0.2) is 0 Å². The van der Waals surface area contributed by atoms with Gasteiger partial charge in [0.05, 0.1) is 0 Å². The van der Waals surface area contributed by atoms with E-state index >= 15 is 0 Å². The zero-order chi connectivity index (χ0) is 13.9. The zero-order valence-electron chi connectivity index (χ0n) is 11.8. The molecule has 19 heavy (non-hydrogen) atoms. The first-order valence-corrected chi connectivity index (χ1v) is 7.64. The largest absolute Gasteiger partial charge is 0.444 e. The Bertz CT molecular complexity index is 466. The zero-order valence-corrected chi connectivity index (χ0v) is 12.6. The lowest BCUT2D eigenvalue weighted by atomic mass is 10.1. The van der Waals surface area contributed by atoms with Gasteiger partial charge in [0.2, 0.25) is 0 Å². The van der Waals surface area contributed by atoms with Gasteiger partial charge in [0.1, 0.15) is 5.60 Å². The summed E-state index contributed by atoms with van der Waals surface area (Å²) in [6, 6.07) is 6.59. The van der Waals surface area contributed by atoms with Crippen LogP contribution in [0.15, 0.2) is 23.1 Å². The number of nitrogens with one attached hydrogen (secondary N) is 1. The molecule has 2 rings (SSSR count). The van der Waals surface area contributed by atoms with E-state index in [0.29, 0.717) is 6.54 Å². The monoisotopic (exact) mass is 279 g/mol. The van der Waals surface area contributed by atoms with Gasteiger partial charge in [0, 0.05) is 17.2 Å². The van der Waals surface area contributed by atoms with Crippen molar-refractivity contribution < 1.29 is 9.53 Å². The Hall–Kier alpha value is -1.16. The van der Waals surface area contributed by atoms with Crippen LogP contribution in [0, 0.1) is 0 Å². The van der Waals surface area contributed by atoms with E-state index in [1.807, 2.05) is 32.5 Å². The average molecular weight is 279 g/mol. The molecule has 0 atom stereocenters. The van der Waals surface area contributed by atoms with Gasteiger partial charge in [-0.05, 0) is 50.8 Å². The lowest BCUT2D eigenvalue weighted by Gasteiger charge is -2.19. The highest BCUT2D eigenvalue weighted by atomic mass is 32.2. The first-order chi connectivity index (χ1) is 8.94. The van der Waals surface area contributed by atoms with E-state index in [1.165, 1.54) is 21.8 Å². The highest BCUT2D eigenvalue weighted by Gasteiger charge is 2.15. The van der Waals surface area contributed by atoms with E-state index in [1.54, 1.807) is 0 Å². The van der Waals surface area contributed by atoms with Crippen LogP contribution in [0.3, 0.4) is 0 Å². The third-order valence-corrected chi connectivity index (χ3v) is 3.95. The number of hydrogen-bond donors (Lipinski definition) is 1. The second-order valence-electron chi connectivity index (χ2n) is 5.72. The molecule has 0 spiro atoms. The highest BCUT2D eigenvalue weighted by molar-refractivity contribution is 7.99. The van der Waals surface area contributed by atoms with Gasteiger partial charge in [-0.25, -0.2) is 4.79 Å². The molecular formula is C15H21NO2S. The van der Waals surface area contributed by atoms with Crippen molar-refractivity contribution in [3.05, 3.63) is 29.3 Å². The standard InChI is InChI=1S/C15H21NO2S/c1-15(2,3)18-14(17)16-8-6-11-4-5-13-12(10-11)7-9-19-13/h4-5,10H,6-9H2,1-3H3,(H,16,17). The van der Waals surface area contributed by atoms with Crippen molar-refractivity contribution in [2.75, 3.05) is 12.3 Å². The molecule has 1 amide bonds. The van der Waals surface area contributed by atoms with Gasteiger partial charge >= 0.3 is 6.09 Å². The summed E-state index contributed by atoms with van der Waals surface area (Å²) in [7, 11) is 0. The number of carbonyl (C=O) groups is 1. The number of ether oxygens (including phenoxy) is 1. The van der Waals surface area contributed by atoms with Gasteiger partial charge in [-0.15, -0.1) is 11.8 Å². The molecule has 1 heterocycles. The lowest BCUT2D eigenvalue weighted by Crippen LogP contribution is -2.33. The normalized spacial score (nSPS) is 14.1. The third-order valence-electron chi connectivity index (χ3n) is 2.84. The summed E-state index contributed by atoms with van der Waals surface area (Å²) in [5, 5.41) is 2.79. The van der Waals surface area contributed by atoms with Gasteiger partial charge in [-0.3, -0.25) is 0 Å². The number of benzene rings is 1. The fraction of sp³-hybridized carbons (Fsp3) is 0.533. The molecule has 0 fully saturated rings.